The molecule has 154 valence electrons. The van der Waals surface area contributed by atoms with Crippen LogP contribution in [0.4, 0.5) is 5.69 Å². The van der Waals surface area contributed by atoms with Gasteiger partial charge in [-0.1, -0.05) is 36.1 Å². The predicted molar refractivity (Wildman–Crippen MR) is 119 cm³/mol. The van der Waals surface area contributed by atoms with E-state index in [1.54, 1.807) is 49.4 Å². The van der Waals surface area contributed by atoms with Crippen LogP contribution in [0.3, 0.4) is 0 Å². The number of esters is 1. The van der Waals surface area contributed by atoms with Crippen LogP contribution in [0.2, 0.25) is 0 Å². The number of carbonyl (C=O) groups is 3. The van der Waals surface area contributed by atoms with Crippen molar-refractivity contribution in [3.8, 4) is 5.75 Å². The van der Waals surface area contributed by atoms with Gasteiger partial charge >= 0.3 is 5.97 Å². The van der Waals surface area contributed by atoms with Crippen LogP contribution >= 0.6 is 24.0 Å². The average Bonchev–Trinajstić information content (AvgIpc) is 2.98. The first-order valence-corrected chi connectivity index (χ1v) is 10.2. The van der Waals surface area contributed by atoms with Crippen molar-refractivity contribution in [2.45, 2.75) is 6.92 Å². The standard InChI is InChI=1S/C21H18N2O5S2/c1-2-28-20(27)14-5-7-15(8-6-14)22-18(25)12-23-19(26)17(30-21(23)29)11-13-3-9-16(24)10-4-13/h3-11,24H,2,12H2,1H3,(H,22,25)/b17-11-. The number of ether oxygens (including phenoxy) is 1. The van der Waals surface area contributed by atoms with Gasteiger partial charge in [-0.15, -0.1) is 0 Å². The number of carbonyl (C=O) groups excluding carboxylic acids is 3. The molecule has 0 unspecified atom stereocenters. The third-order valence-electron chi connectivity index (χ3n) is 4.05. The second kappa shape index (κ2) is 9.55. The van der Waals surface area contributed by atoms with Crippen molar-refractivity contribution < 1.29 is 24.2 Å². The number of aromatic hydroxyl groups is 1. The summed E-state index contributed by atoms with van der Waals surface area (Å²) in [5.41, 5.74) is 1.60. The second-order valence-electron chi connectivity index (χ2n) is 6.21. The highest BCUT2D eigenvalue weighted by molar-refractivity contribution is 8.26. The number of nitrogens with zero attached hydrogens (tertiary/aromatic N) is 1. The highest BCUT2D eigenvalue weighted by Gasteiger charge is 2.33. The number of benzene rings is 2. The molecule has 1 aliphatic heterocycles. The minimum Gasteiger partial charge on any atom is -0.508 e. The maximum Gasteiger partial charge on any atom is 0.338 e. The smallest absolute Gasteiger partial charge is 0.338 e. The summed E-state index contributed by atoms with van der Waals surface area (Å²) in [5.74, 6) is -1.08. The zero-order valence-electron chi connectivity index (χ0n) is 16.0. The Hall–Kier alpha value is -3.17. The Morgan fingerprint density at radius 2 is 1.83 bits per heavy atom. The monoisotopic (exact) mass is 442 g/mol. The van der Waals surface area contributed by atoms with Crippen LogP contribution < -0.4 is 5.32 Å². The average molecular weight is 443 g/mol. The lowest BCUT2D eigenvalue weighted by molar-refractivity contribution is -0.126. The first kappa shape index (κ1) is 21.5. The lowest BCUT2D eigenvalue weighted by Crippen LogP contribution is -2.36. The minimum atomic E-state index is -0.437. The summed E-state index contributed by atoms with van der Waals surface area (Å²) < 4.78 is 5.20. The van der Waals surface area contributed by atoms with Crippen molar-refractivity contribution in [3.63, 3.8) is 0 Å². The summed E-state index contributed by atoms with van der Waals surface area (Å²) in [7, 11) is 0. The van der Waals surface area contributed by atoms with Gasteiger partial charge in [0.2, 0.25) is 5.91 Å². The van der Waals surface area contributed by atoms with E-state index < -0.39 is 11.9 Å². The molecular formula is C21H18N2O5S2. The fourth-order valence-corrected chi connectivity index (χ4v) is 3.86. The van der Waals surface area contributed by atoms with Gasteiger partial charge in [-0.2, -0.15) is 0 Å². The topological polar surface area (TPSA) is 95.9 Å². The van der Waals surface area contributed by atoms with E-state index in [9.17, 15) is 19.5 Å². The quantitative estimate of drug-likeness (QED) is 0.402. The minimum absolute atomic E-state index is 0.131. The Morgan fingerprint density at radius 1 is 1.17 bits per heavy atom. The van der Waals surface area contributed by atoms with Gasteiger partial charge in [0.25, 0.3) is 5.91 Å². The van der Waals surface area contributed by atoms with Crippen LogP contribution in [0.1, 0.15) is 22.8 Å². The van der Waals surface area contributed by atoms with Crippen LogP contribution in [0.25, 0.3) is 6.08 Å². The number of amides is 2. The van der Waals surface area contributed by atoms with Gasteiger partial charge in [-0.05, 0) is 55.0 Å². The SMILES string of the molecule is CCOC(=O)c1ccc(NC(=O)CN2C(=O)/C(=C/c3ccc(O)cc3)SC2=S)cc1. The van der Waals surface area contributed by atoms with Gasteiger partial charge in [0, 0.05) is 5.69 Å². The van der Waals surface area contributed by atoms with Crippen molar-refractivity contribution in [2.24, 2.45) is 0 Å². The first-order chi connectivity index (χ1) is 14.4. The molecule has 0 atom stereocenters. The van der Waals surface area contributed by atoms with E-state index in [-0.39, 0.29) is 29.1 Å². The fourth-order valence-electron chi connectivity index (χ4n) is 2.61. The normalized spacial score (nSPS) is 14.8. The third kappa shape index (κ3) is 5.25. The van der Waals surface area contributed by atoms with Crippen LogP contribution in [0.15, 0.2) is 53.4 Å². The van der Waals surface area contributed by atoms with E-state index in [0.717, 1.165) is 17.3 Å². The Balaban J connectivity index is 1.62. The highest BCUT2D eigenvalue weighted by Crippen LogP contribution is 2.32. The largest absolute Gasteiger partial charge is 0.508 e. The Bertz CT molecular complexity index is 1020. The molecule has 0 bridgehead atoms. The molecule has 2 N–H and O–H groups in total. The maximum atomic E-state index is 12.6. The molecule has 2 aromatic rings. The van der Waals surface area contributed by atoms with E-state index in [2.05, 4.69) is 5.32 Å². The van der Waals surface area contributed by atoms with Crippen molar-refractivity contribution in [1.82, 2.24) is 4.90 Å². The van der Waals surface area contributed by atoms with Crippen molar-refractivity contribution in [1.29, 1.82) is 0 Å². The lowest BCUT2D eigenvalue weighted by atomic mass is 10.2. The molecule has 1 heterocycles. The summed E-state index contributed by atoms with van der Waals surface area (Å²) in [6.45, 7) is 1.78. The molecule has 2 amide bonds. The third-order valence-corrected chi connectivity index (χ3v) is 5.42. The summed E-state index contributed by atoms with van der Waals surface area (Å²) >= 11 is 6.35. The molecule has 0 spiro atoms. The van der Waals surface area contributed by atoms with Crippen molar-refractivity contribution in [3.05, 3.63) is 64.6 Å². The van der Waals surface area contributed by atoms with E-state index in [4.69, 9.17) is 17.0 Å². The van der Waals surface area contributed by atoms with Crippen LogP contribution in [0.5, 0.6) is 5.75 Å². The summed E-state index contributed by atoms with van der Waals surface area (Å²) in [6, 6.07) is 12.7. The number of anilines is 1. The number of thioether (sulfide) groups is 1. The molecule has 0 aromatic heterocycles. The number of phenolic OH excluding ortho intramolecular Hbond substituents is 1. The number of phenols is 1. The zero-order valence-corrected chi connectivity index (χ0v) is 17.6. The second-order valence-corrected chi connectivity index (χ2v) is 7.88. The maximum absolute atomic E-state index is 12.6. The number of thiocarbonyl (C=S) groups is 1. The molecule has 0 saturated carbocycles. The molecule has 30 heavy (non-hydrogen) atoms. The van der Waals surface area contributed by atoms with E-state index >= 15 is 0 Å². The molecule has 0 aliphatic carbocycles. The molecule has 1 saturated heterocycles. The molecule has 2 aromatic carbocycles. The predicted octanol–water partition coefficient (Wildman–Crippen LogP) is 3.41. The van der Waals surface area contributed by atoms with Crippen molar-refractivity contribution in [2.75, 3.05) is 18.5 Å². The molecule has 9 heteroatoms. The van der Waals surface area contributed by atoms with E-state index in [1.165, 1.54) is 17.0 Å². The Labute approximate surface area is 182 Å². The van der Waals surface area contributed by atoms with Gasteiger partial charge in [-0.3, -0.25) is 14.5 Å². The lowest BCUT2D eigenvalue weighted by Gasteiger charge is -2.14. The van der Waals surface area contributed by atoms with Gasteiger partial charge in [-0.25, -0.2) is 4.79 Å². The van der Waals surface area contributed by atoms with Crippen LogP contribution in [-0.4, -0.2) is 45.3 Å². The Morgan fingerprint density at radius 3 is 2.47 bits per heavy atom. The summed E-state index contributed by atoms with van der Waals surface area (Å²) in [5, 5.41) is 12.0. The molecule has 1 fully saturated rings. The first-order valence-electron chi connectivity index (χ1n) is 8.99. The zero-order chi connectivity index (χ0) is 21.7. The molecular weight excluding hydrogens is 424 g/mol. The van der Waals surface area contributed by atoms with E-state index in [0.29, 0.717) is 16.2 Å². The Kier molecular flexibility index (Phi) is 6.86. The van der Waals surface area contributed by atoms with Gasteiger partial charge in [0.1, 0.15) is 16.6 Å². The van der Waals surface area contributed by atoms with E-state index in [1.807, 2.05) is 0 Å². The molecule has 0 radical (unpaired) electrons. The number of rotatable bonds is 6. The van der Waals surface area contributed by atoms with Crippen LogP contribution in [-0.2, 0) is 14.3 Å². The molecule has 1 aliphatic rings. The van der Waals surface area contributed by atoms with Gasteiger partial charge in [0.15, 0.2) is 0 Å². The number of hydrogen-bond acceptors (Lipinski definition) is 7. The molecule has 7 nitrogen and oxygen atoms in total. The summed E-state index contributed by atoms with van der Waals surface area (Å²) in [4.78, 5) is 38.3. The highest BCUT2D eigenvalue weighted by atomic mass is 32.2. The van der Waals surface area contributed by atoms with Gasteiger partial charge < -0.3 is 15.2 Å². The number of nitrogens with one attached hydrogen (secondary N) is 1. The van der Waals surface area contributed by atoms with Crippen LogP contribution in [0, 0.1) is 0 Å². The fraction of sp³-hybridized carbons (Fsp3) is 0.143. The molecule has 3 rings (SSSR count). The van der Waals surface area contributed by atoms with Crippen molar-refractivity contribution >= 4 is 57.8 Å². The summed E-state index contributed by atoms with van der Waals surface area (Å²) in [6.07, 6.45) is 1.66. The van der Waals surface area contributed by atoms with Gasteiger partial charge in [0.05, 0.1) is 17.1 Å². The number of hydrogen-bond donors (Lipinski definition) is 2.